The third kappa shape index (κ3) is 2.08. The monoisotopic (exact) mass is 334 g/mol. The van der Waals surface area contributed by atoms with Gasteiger partial charge in [0.25, 0.3) is 0 Å². The van der Waals surface area contributed by atoms with Crippen LogP contribution in [0.25, 0.3) is 16.9 Å². The zero-order valence-electron chi connectivity index (χ0n) is 10.0. The quantitative estimate of drug-likeness (QED) is 0.779. The van der Waals surface area contributed by atoms with Crippen molar-refractivity contribution in [3.63, 3.8) is 0 Å². The van der Waals surface area contributed by atoms with E-state index in [1.165, 1.54) is 24.3 Å². The van der Waals surface area contributed by atoms with E-state index in [0.29, 0.717) is 15.9 Å². The molecule has 4 nitrogen and oxygen atoms in total. The number of aromatic carboxylic acids is 1. The van der Waals surface area contributed by atoms with Crippen molar-refractivity contribution in [2.75, 3.05) is 0 Å². The van der Waals surface area contributed by atoms with E-state index in [1.807, 2.05) is 0 Å². The van der Waals surface area contributed by atoms with E-state index in [2.05, 4.69) is 20.9 Å². The van der Waals surface area contributed by atoms with Gasteiger partial charge in [-0.15, -0.1) is 0 Å². The zero-order chi connectivity index (χ0) is 14.3. The summed E-state index contributed by atoms with van der Waals surface area (Å²) in [6, 6.07) is 9.00. The Kier molecular flexibility index (Phi) is 3.02. The largest absolute Gasteiger partial charge is 0.478 e. The fraction of sp³-hybridized carbons (Fsp3) is 0. The Balaban J connectivity index is 2.22. The van der Waals surface area contributed by atoms with Crippen molar-refractivity contribution in [2.45, 2.75) is 0 Å². The number of nitrogens with zero attached hydrogens (tertiary/aromatic N) is 2. The normalized spacial score (nSPS) is 10.9. The van der Waals surface area contributed by atoms with Gasteiger partial charge in [-0.05, 0) is 52.3 Å². The van der Waals surface area contributed by atoms with Crippen molar-refractivity contribution in [2.24, 2.45) is 0 Å². The highest BCUT2D eigenvalue weighted by Crippen LogP contribution is 2.26. The third-order valence-corrected chi connectivity index (χ3v) is 3.53. The Hall–Kier alpha value is -2.21. The second-order valence-electron chi connectivity index (χ2n) is 4.21. The molecular weight excluding hydrogens is 327 g/mol. The van der Waals surface area contributed by atoms with E-state index in [1.54, 1.807) is 22.7 Å². The molecule has 2 heterocycles. The van der Waals surface area contributed by atoms with Gasteiger partial charge in [0, 0.05) is 11.8 Å². The number of hydrogen-bond acceptors (Lipinski definition) is 2. The number of pyridine rings is 1. The molecule has 0 aliphatic heterocycles. The van der Waals surface area contributed by atoms with E-state index in [9.17, 15) is 9.18 Å². The molecule has 0 amide bonds. The van der Waals surface area contributed by atoms with E-state index in [-0.39, 0.29) is 11.4 Å². The van der Waals surface area contributed by atoms with Gasteiger partial charge in [0.1, 0.15) is 16.2 Å². The first-order valence-electron chi connectivity index (χ1n) is 5.73. The fourth-order valence-electron chi connectivity index (χ4n) is 1.98. The van der Waals surface area contributed by atoms with Gasteiger partial charge >= 0.3 is 5.97 Å². The Labute approximate surface area is 121 Å². The molecule has 0 unspecified atom stereocenters. The maximum absolute atomic E-state index is 13.0. The van der Waals surface area contributed by atoms with E-state index in [0.717, 1.165) is 5.56 Å². The molecule has 0 fully saturated rings. The highest BCUT2D eigenvalue weighted by molar-refractivity contribution is 9.10. The first-order chi connectivity index (χ1) is 9.56. The summed E-state index contributed by atoms with van der Waals surface area (Å²) in [5, 5.41) is 9.00. The predicted octanol–water partition coefficient (Wildman–Crippen LogP) is 3.60. The minimum absolute atomic E-state index is 0.184. The molecule has 0 atom stereocenters. The number of carbonyl (C=O) groups is 1. The van der Waals surface area contributed by atoms with Crippen LogP contribution in [-0.4, -0.2) is 20.5 Å². The van der Waals surface area contributed by atoms with Crippen molar-refractivity contribution in [3.05, 3.63) is 58.6 Å². The third-order valence-electron chi connectivity index (χ3n) is 2.95. The summed E-state index contributed by atoms with van der Waals surface area (Å²) in [6.45, 7) is 0. The second-order valence-corrected chi connectivity index (χ2v) is 4.96. The second kappa shape index (κ2) is 4.72. The molecule has 20 heavy (non-hydrogen) atoms. The maximum Gasteiger partial charge on any atom is 0.335 e. The summed E-state index contributed by atoms with van der Waals surface area (Å²) in [7, 11) is 0. The van der Waals surface area contributed by atoms with Crippen LogP contribution in [0.15, 0.2) is 47.2 Å². The molecule has 0 saturated carbocycles. The summed E-state index contributed by atoms with van der Waals surface area (Å²) < 4.78 is 15.3. The Morgan fingerprint density at radius 2 is 1.95 bits per heavy atom. The van der Waals surface area contributed by atoms with Gasteiger partial charge in [-0.2, -0.15) is 0 Å². The van der Waals surface area contributed by atoms with Crippen LogP contribution in [0.4, 0.5) is 4.39 Å². The van der Waals surface area contributed by atoms with Crippen LogP contribution in [0, 0.1) is 5.82 Å². The fourth-order valence-corrected chi connectivity index (χ4v) is 2.46. The number of hydrogen-bond donors (Lipinski definition) is 1. The van der Waals surface area contributed by atoms with Gasteiger partial charge in [-0.25, -0.2) is 14.2 Å². The van der Waals surface area contributed by atoms with Gasteiger partial charge in [0.2, 0.25) is 0 Å². The van der Waals surface area contributed by atoms with Gasteiger partial charge in [0.05, 0.1) is 11.1 Å². The zero-order valence-corrected chi connectivity index (χ0v) is 11.6. The highest BCUT2D eigenvalue weighted by Gasteiger charge is 2.13. The molecule has 100 valence electrons. The summed E-state index contributed by atoms with van der Waals surface area (Å²) in [5.74, 6) is -0.699. The average molecular weight is 335 g/mol. The molecular formula is C14H8BrFN2O2. The van der Waals surface area contributed by atoms with Crippen molar-refractivity contribution in [1.29, 1.82) is 0 Å². The lowest BCUT2D eigenvalue weighted by atomic mass is 10.2. The van der Waals surface area contributed by atoms with E-state index >= 15 is 0 Å². The molecule has 6 heteroatoms. The standard InChI is InChI=1S/C14H8BrFN2O2/c15-12-11-7-9(14(19)20)5-6-18(11)13(17-12)8-1-3-10(16)4-2-8/h1-7H,(H,19,20). The molecule has 3 aromatic rings. The Morgan fingerprint density at radius 1 is 1.25 bits per heavy atom. The van der Waals surface area contributed by atoms with Crippen LogP contribution in [0.2, 0.25) is 0 Å². The first-order valence-corrected chi connectivity index (χ1v) is 6.52. The van der Waals surface area contributed by atoms with Gasteiger partial charge < -0.3 is 5.11 Å². The molecule has 2 aromatic heterocycles. The lowest BCUT2D eigenvalue weighted by Crippen LogP contribution is -1.98. The van der Waals surface area contributed by atoms with Crippen LogP contribution in [0.1, 0.15) is 10.4 Å². The minimum Gasteiger partial charge on any atom is -0.478 e. The van der Waals surface area contributed by atoms with Crippen LogP contribution in [0.3, 0.4) is 0 Å². The molecule has 0 aliphatic carbocycles. The van der Waals surface area contributed by atoms with Gasteiger partial charge in [0.15, 0.2) is 0 Å². The van der Waals surface area contributed by atoms with Crippen molar-refractivity contribution in [1.82, 2.24) is 9.38 Å². The van der Waals surface area contributed by atoms with Crippen LogP contribution >= 0.6 is 15.9 Å². The van der Waals surface area contributed by atoms with Crippen LogP contribution in [-0.2, 0) is 0 Å². The molecule has 1 N–H and O–H groups in total. The SMILES string of the molecule is O=C(O)c1ccn2c(-c3ccc(F)cc3)nc(Br)c2c1. The molecule has 0 bridgehead atoms. The lowest BCUT2D eigenvalue weighted by molar-refractivity contribution is 0.0697. The number of carboxylic acid groups (broad SMARTS) is 1. The maximum atomic E-state index is 13.0. The number of aromatic nitrogens is 2. The van der Waals surface area contributed by atoms with Crippen molar-refractivity contribution >= 4 is 27.4 Å². The number of fused-ring (bicyclic) bond motifs is 1. The molecule has 0 spiro atoms. The van der Waals surface area contributed by atoms with Crippen molar-refractivity contribution < 1.29 is 14.3 Å². The predicted molar refractivity (Wildman–Crippen MR) is 75.2 cm³/mol. The van der Waals surface area contributed by atoms with Gasteiger partial charge in [-0.3, -0.25) is 4.40 Å². The Morgan fingerprint density at radius 3 is 2.60 bits per heavy atom. The van der Waals surface area contributed by atoms with Crippen molar-refractivity contribution in [3.8, 4) is 11.4 Å². The Bertz CT molecular complexity index is 812. The lowest BCUT2D eigenvalue weighted by Gasteiger charge is -2.02. The highest BCUT2D eigenvalue weighted by atomic mass is 79.9. The molecule has 0 saturated heterocycles. The molecule has 0 aliphatic rings. The average Bonchev–Trinajstić information content (AvgIpc) is 2.76. The molecule has 0 radical (unpaired) electrons. The van der Waals surface area contributed by atoms with E-state index < -0.39 is 5.97 Å². The molecule has 1 aromatic carbocycles. The number of benzene rings is 1. The van der Waals surface area contributed by atoms with Crippen LogP contribution in [0.5, 0.6) is 0 Å². The number of halogens is 2. The summed E-state index contributed by atoms with van der Waals surface area (Å²) >= 11 is 3.31. The molecule has 3 rings (SSSR count). The smallest absolute Gasteiger partial charge is 0.335 e. The number of carboxylic acids is 1. The van der Waals surface area contributed by atoms with Crippen LogP contribution < -0.4 is 0 Å². The topological polar surface area (TPSA) is 54.6 Å². The first kappa shape index (κ1) is 12.8. The minimum atomic E-state index is -0.996. The summed E-state index contributed by atoms with van der Waals surface area (Å²) in [6.07, 6.45) is 1.63. The number of imidazole rings is 1. The van der Waals surface area contributed by atoms with Gasteiger partial charge in [-0.1, -0.05) is 0 Å². The number of rotatable bonds is 2. The van der Waals surface area contributed by atoms with E-state index in [4.69, 9.17) is 5.11 Å². The summed E-state index contributed by atoms with van der Waals surface area (Å²) in [4.78, 5) is 15.3. The summed E-state index contributed by atoms with van der Waals surface area (Å²) in [5.41, 5.74) is 1.57.